The van der Waals surface area contributed by atoms with E-state index in [2.05, 4.69) is 35.5 Å². The number of carbonyl (C=O) groups is 1. The van der Waals surface area contributed by atoms with Crippen LogP contribution in [0.15, 0.2) is 61.2 Å². The molecule has 1 aliphatic carbocycles. The fourth-order valence-electron chi connectivity index (χ4n) is 5.47. The summed E-state index contributed by atoms with van der Waals surface area (Å²) in [6.45, 7) is 1.85. The van der Waals surface area contributed by atoms with Gasteiger partial charge in [0.05, 0.1) is 40.5 Å². The molecule has 1 amide bonds. The number of hydrogen-bond acceptors (Lipinski definition) is 6. The molecule has 10 heteroatoms. The molecule has 1 aliphatic rings. The van der Waals surface area contributed by atoms with E-state index in [1.165, 1.54) is 12.1 Å². The number of H-pyrrole nitrogens is 2. The molecule has 1 aromatic carbocycles. The maximum atomic E-state index is 14.2. The zero-order valence-corrected chi connectivity index (χ0v) is 21.7. The molecule has 1 fully saturated rings. The number of aromatic amines is 2. The summed E-state index contributed by atoms with van der Waals surface area (Å²) in [6, 6.07) is 10.5. The molecule has 5 aromatic heterocycles. The van der Waals surface area contributed by atoms with E-state index >= 15 is 0 Å². The fourth-order valence-corrected chi connectivity index (χ4v) is 5.47. The van der Waals surface area contributed by atoms with Crippen LogP contribution >= 0.6 is 0 Å². The summed E-state index contributed by atoms with van der Waals surface area (Å²) in [6.07, 6.45) is 10.8. The molecule has 0 radical (unpaired) electrons. The van der Waals surface area contributed by atoms with Gasteiger partial charge < -0.3 is 10.3 Å². The lowest BCUT2D eigenvalue weighted by Crippen LogP contribution is -2.20. The minimum absolute atomic E-state index is 0.0455. The Morgan fingerprint density at radius 1 is 0.975 bits per heavy atom. The van der Waals surface area contributed by atoms with Crippen molar-refractivity contribution in [3.63, 3.8) is 0 Å². The predicted octanol–water partition coefficient (Wildman–Crippen LogP) is 6.20. The van der Waals surface area contributed by atoms with E-state index in [0.29, 0.717) is 39.7 Å². The van der Waals surface area contributed by atoms with Crippen molar-refractivity contribution >= 4 is 33.5 Å². The first-order valence-electron chi connectivity index (χ1n) is 13.2. The van der Waals surface area contributed by atoms with Gasteiger partial charge in [-0.15, -0.1) is 0 Å². The number of benzene rings is 1. The Morgan fingerprint density at radius 2 is 1.85 bits per heavy atom. The van der Waals surface area contributed by atoms with Gasteiger partial charge in [-0.1, -0.05) is 12.8 Å². The Balaban J connectivity index is 1.25. The van der Waals surface area contributed by atoms with Gasteiger partial charge in [0.2, 0.25) is 5.91 Å². The summed E-state index contributed by atoms with van der Waals surface area (Å²) in [5, 5.41) is 11.4. The highest BCUT2D eigenvalue weighted by Crippen LogP contribution is 2.33. The second-order valence-corrected chi connectivity index (χ2v) is 10.3. The van der Waals surface area contributed by atoms with Gasteiger partial charge in [-0.05, 0) is 61.7 Å². The molecule has 3 N–H and O–H groups in total. The number of imidazole rings is 1. The molecular weight excluding hydrogens is 507 g/mol. The number of fused-ring (bicyclic) bond motifs is 2. The van der Waals surface area contributed by atoms with Crippen LogP contribution in [0.5, 0.6) is 0 Å². The number of pyridine rings is 3. The van der Waals surface area contributed by atoms with Gasteiger partial charge >= 0.3 is 0 Å². The third-order valence-electron chi connectivity index (χ3n) is 7.42. The lowest BCUT2D eigenvalue weighted by molar-refractivity contribution is -0.119. The first-order chi connectivity index (χ1) is 19.5. The number of nitrogens with zero attached hydrogens (tertiary/aromatic N) is 5. The molecule has 7 rings (SSSR count). The molecule has 0 aliphatic heterocycles. The molecule has 9 nitrogen and oxygen atoms in total. The number of aryl methyl sites for hydroxylation is 1. The van der Waals surface area contributed by atoms with Gasteiger partial charge in [-0.2, -0.15) is 5.10 Å². The molecule has 0 atom stereocenters. The molecule has 5 heterocycles. The number of rotatable bonds is 5. The van der Waals surface area contributed by atoms with Gasteiger partial charge in [-0.3, -0.25) is 24.8 Å². The SMILES string of the molecule is Cc1cc(F)cc(-c2nccc3[nH]c(-c4n[nH]c5cnc(-c6cncc(NC(=O)C7CCCC7)c6)cc45)nc23)c1. The Labute approximate surface area is 228 Å². The van der Waals surface area contributed by atoms with Crippen LogP contribution < -0.4 is 5.32 Å². The first kappa shape index (κ1) is 24.1. The number of halogens is 1. The average molecular weight is 533 g/mol. The quantitative estimate of drug-likeness (QED) is 0.243. The van der Waals surface area contributed by atoms with Crippen molar-refractivity contribution in [1.29, 1.82) is 0 Å². The van der Waals surface area contributed by atoms with E-state index in [9.17, 15) is 9.18 Å². The lowest BCUT2D eigenvalue weighted by atomic mass is 10.1. The number of hydrogen-bond donors (Lipinski definition) is 3. The van der Waals surface area contributed by atoms with E-state index in [1.54, 1.807) is 24.8 Å². The van der Waals surface area contributed by atoms with E-state index < -0.39 is 0 Å². The van der Waals surface area contributed by atoms with Gasteiger partial charge in [0.15, 0.2) is 5.82 Å². The van der Waals surface area contributed by atoms with Gasteiger partial charge in [0.1, 0.15) is 17.0 Å². The number of aromatic nitrogens is 7. The van der Waals surface area contributed by atoms with E-state index in [1.807, 2.05) is 31.2 Å². The molecule has 0 saturated heterocycles. The number of nitrogens with one attached hydrogen (secondary N) is 3. The van der Waals surface area contributed by atoms with E-state index in [4.69, 9.17) is 4.98 Å². The molecule has 0 bridgehead atoms. The number of amides is 1. The van der Waals surface area contributed by atoms with Crippen LogP contribution in [0.4, 0.5) is 10.1 Å². The summed E-state index contributed by atoms with van der Waals surface area (Å²) in [5.74, 6) is 0.344. The normalized spacial score (nSPS) is 13.8. The van der Waals surface area contributed by atoms with Crippen LogP contribution in [-0.4, -0.2) is 41.0 Å². The van der Waals surface area contributed by atoms with Crippen molar-refractivity contribution in [2.45, 2.75) is 32.6 Å². The lowest BCUT2D eigenvalue weighted by Gasteiger charge is -2.11. The standard InChI is InChI=1S/C30H25FN8O/c1-16-8-18(10-20(31)9-16)26-28-23(6-7-33-26)36-29(37-28)27-22-12-24(34-15-25(22)38-39-27)19-11-21(14-32-13-19)35-30(40)17-4-2-3-5-17/h6-15,17H,2-5H2,1H3,(H,35,40)(H,36,37)(H,38,39). The minimum Gasteiger partial charge on any atom is -0.336 e. The monoisotopic (exact) mass is 532 g/mol. The average Bonchev–Trinajstić information content (AvgIpc) is 3.71. The summed E-state index contributed by atoms with van der Waals surface area (Å²) in [4.78, 5) is 34.2. The number of carbonyl (C=O) groups excluding carboxylic acids is 1. The van der Waals surface area contributed by atoms with Crippen LogP contribution in [0.25, 0.3) is 56.0 Å². The number of anilines is 1. The van der Waals surface area contributed by atoms with Crippen LogP contribution in [0.3, 0.4) is 0 Å². The Bertz CT molecular complexity index is 1880. The highest BCUT2D eigenvalue weighted by Gasteiger charge is 2.23. The van der Waals surface area contributed by atoms with Crippen LogP contribution in [0.2, 0.25) is 0 Å². The van der Waals surface area contributed by atoms with Gasteiger partial charge in [0, 0.05) is 34.8 Å². The maximum absolute atomic E-state index is 14.2. The minimum atomic E-state index is -0.320. The van der Waals surface area contributed by atoms with Crippen LogP contribution in [0.1, 0.15) is 31.2 Å². The van der Waals surface area contributed by atoms with Crippen molar-refractivity contribution in [3.8, 4) is 34.0 Å². The van der Waals surface area contributed by atoms with E-state index in [-0.39, 0.29) is 17.6 Å². The molecule has 198 valence electrons. The highest BCUT2D eigenvalue weighted by atomic mass is 19.1. The third kappa shape index (κ3) is 4.37. The molecule has 1 saturated carbocycles. The van der Waals surface area contributed by atoms with Crippen molar-refractivity contribution in [1.82, 2.24) is 35.1 Å². The smallest absolute Gasteiger partial charge is 0.227 e. The largest absolute Gasteiger partial charge is 0.336 e. The predicted molar refractivity (Wildman–Crippen MR) is 151 cm³/mol. The van der Waals surface area contributed by atoms with Crippen molar-refractivity contribution in [2.75, 3.05) is 5.32 Å². The van der Waals surface area contributed by atoms with E-state index in [0.717, 1.165) is 53.2 Å². The molecule has 40 heavy (non-hydrogen) atoms. The molecule has 6 aromatic rings. The summed E-state index contributed by atoms with van der Waals surface area (Å²) >= 11 is 0. The molecule has 0 unspecified atom stereocenters. The zero-order valence-electron chi connectivity index (χ0n) is 21.7. The second kappa shape index (κ2) is 9.64. The Hall–Kier alpha value is -4.99. The Kier molecular flexibility index (Phi) is 5.80. The highest BCUT2D eigenvalue weighted by molar-refractivity contribution is 5.97. The van der Waals surface area contributed by atoms with Crippen LogP contribution in [-0.2, 0) is 4.79 Å². The topological polar surface area (TPSA) is 125 Å². The summed E-state index contributed by atoms with van der Waals surface area (Å²) in [7, 11) is 0. The zero-order chi connectivity index (χ0) is 27.2. The van der Waals surface area contributed by atoms with Crippen molar-refractivity contribution in [3.05, 3.63) is 72.6 Å². The summed E-state index contributed by atoms with van der Waals surface area (Å²) < 4.78 is 14.2. The Morgan fingerprint density at radius 3 is 2.70 bits per heavy atom. The molecular formula is C30H25FN8O. The maximum Gasteiger partial charge on any atom is 0.227 e. The second-order valence-electron chi connectivity index (χ2n) is 10.3. The molecule has 0 spiro atoms. The van der Waals surface area contributed by atoms with Gasteiger partial charge in [-0.25, -0.2) is 9.37 Å². The van der Waals surface area contributed by atoms with Crippen molar-refractivity contribution in [2.24, 2.45) is 5.92 Å². The first-order valence-corrected chi connectivity index (χ1v) is 13.2. The van der Waals surface area contributed by atoms with Gasteiger partial charge in [0.25, 0.3) is 0 Å². The van der Waals surface area contributed by atoms with Crippen molar-refractivity contribution < 1.29 is 9.18 Å². The fraction of sp³-hybridized carbons (Fsp3) is 0.200. The van der Waals surface area contributed by atoms with Crippen LogP contribution in [0, 0.1) is 18.7 Å². The summed E-state index contributed by atoms with van der Waals surface area (Å²) in [5.41, 5.74) is 6.92. The third-order valence-corrected chi connectivity index (χ3v) is 7.42.